The van der Waals surface area contributed by atoms with Crippen molar-refractivity contribution in [2.45, 2.75) is 51.1 Å². The largest absolute Gasteiger partial charge is 0.481 e. The molecule has 0 saturated heterocycles. The Morgan fingerprint density at radius 1 is 1.39 bits per heavy atom. The second-order valence-corrected chi connectivity index (χ2v) is 6.48. The van der Waals surface area contributed by atoms with Crippen LogP contribution in [0.1, 0.15) is 55.9 Å². The molecule has 0 radical (unpaired) electrons. The fourth-order valence-electron chi connectivity index (χ4n) is 2.99. The molecule has 122 valence electrons. The summed E-state index contributed by atoms with van der Waals surface area (Å²) in [6.07, 6.45) is 5.50. The number of hydrogen-bond acceptors (Lipinski definition) is 4. The number of carbonyl (C=O) groups excluding carboxylic acids is 1. The number of amides is 1. The van der Waals surface area contributed by atoms with Crippen molar-refractivity contribution in [3.05, 3.63) is 24.0 Å². The van der Waals surface area contributed by atoms with Crippen LogP contribution < -0.4 is 5.32 Å². The van der Waals surface area contributed by atoms with E-state index in [-0.39, 0.29) is 18.4 Å². The van der Waals surface area contributed by atoms with Gasteiger partial charge in [-0.2, -0.15) is 5.10 Å². The van der Waals surface area contributed by atoms with E-state index in [0.717, 1.165) is 17.5 Å². The molecule has 3 rings (SSSR count). The molecule has 0 atom stereocenters. The van der Waals surface area contributed by atoms with E-state index < -0.39 is 11.5 Å². The van der Waals surface area contributed by atoms with Crippen molar-refractivity contribution >= 4 is 22.9 Å². The molecule has 7 nitrogen and oxygen atoms in total. The van der Waals surface area contributed by atoms with Gasteiger partial charge in [0.05, 0.1) is 23.7 Å². The molecule has 23 heavy (non-hydrogen) atoms. The number of nitrogens with zero attached hydrogens (tertiary/aromatic N) is 3. The molecular weight excluding hydrogens is 296 g/mol. The van der Waals surface area contributed by atoms with Crippen LogP contribution in [0.3, 0.4) is 0 Å². The SMILES string of the molecule is CC(C)n1ncc2cc(C(=O)NC3(CC(=O)O)CCC3)cnc21. The first-order chi connectivity index (χ1) is 10.9. The lowest BCUT2D eigenvalue weighted by molar-refractivity contribution is -0.139. The summed E-state index contributed by atoms with van der Waals surface area (Å²) in [5.74, 6) is -1.17. The Morgan fingerprint density at radius 2 is 2.13 bits per heavy atom. The first-order valence-corrected chi connectivity index (χ1v) is 7.78. The molecule has 0 bridgehead atoms. The monoisotopic (exact) mass is 316 g/mol. The Labute approximate surface area is 133 Å². The van der Waals surface area contributed by atoms with Crippen LogP contribution in [0, 0.1) is 0 Å². The van der Waals surface area contributed by atoms with Gasteiger partial charge in [-0.15, -0.1) is 0 Å². The Hall–Kier alpha value is -2.44. The Morgan fingerprint density at radius 3 is 2.70 bits per heavy atom. The third-order valence-corrected chi connectivity index (χ3v) is 4.36. The lowest BCUT2D eigenvalue weighted by Crippen LogP contribution is -2.54. The molecule has 2 aromatic heterocycles. The predicted molar refractivity (Wildman–Crippen MR) is 84.2 cm³/mol. The van der Waals surface area contributed by atoms with Crippen molar-refractivity contribution in [2.24, 2.45) is 0 Å². The Kier molecular flexibility index (Phi) is 3.79. The summed E-state index contributed by atoms with van der Waals surface area (Å²) in [4.78, 5) is 27.8. The van der Waals surface area contributed by atoms with Crippen LogP contribution in [0.2, 0.25) is 0 Å². The third kappa shape index (κ3) is 2.91. The summed E-state index contributed by atoms with van der Waals surface area (Å²) in [6, 6.07) is 1.94. The minimum Gasteiger partial charge on any atom is -0.481 e. The number of rotatable bonds is 5. The van der Waals surface area contributed by atoms with Crippen LogP contribution in [-0.2, 0) is 4.79 Å². The van der Waals surface area contributed by atoms with Gasteiger partial charge in [-0.3, -0.25) is 9.59 Å². The van der Waals surface area contributed by atoms with E-state index >= 15 is 0 Å². The third-order valence-electron chi connectivity index (χ3n) is 4.36. The van der Waals surface area contributed by atoms with Crippen molar-refractivity contribution in [3.8, 4) is 0 Å². The second-order valence-electron chi connectivity index (χ2n) is 6.48. The van der Waals surface area contributed by atoms with Crippen LogP contribution in [0.4, 0.5) is 0 Å². The smallest absolute Gasteiger partial charge is 0.305 e. The van der Waals surface area contributed by atoms with Gasteiger partial charge in [0, 0.05) is 17.6 Å². The number of carboxylic acid groups (broad SMARTS) is 1. The molecule has 0 aromatic carbocycles. The van der Waals surface area contributed by atoms with Gasteiger partial charge in [0.2, 0.25) is 0 Å². The number of carbonyl (C=O) groups is 2. The molecule has 1 saturated carbocycles. The summed E-state index contributed by atoms with van der Waals surface area (Å²) in [5.41, 5.74) is 0.554. The average Bonchev–Trinajstić information content (AvgIpc) is 2.87. The zero-order chi connectivity index (χ0) is 16.6. The van der Waals surface area contributed by atoms with E-state index in [1.165, 1.54) is 6.20 Å². The number of fused-ring (bicyclic) bond motifs is 1. The van der Waals surface area contributed by atoms with Gasteiger partial charge < -0.3 is 10.4 Å². The number of aliphatic carboxylic acids is 1. The summed E-state index contributed by atoms with van der Waals surface area (Å²) in [6.45, 7) is 4.03. The number of nitrogens with one attached hydrogen (secondary N) is 1. The molecule has 0 aliphatic heterocycles. The first kappa shape index (κ1) is 15.5. The van der Waals surface area contributed by atoms with Gasteiger partial charge in [-0.1, -0.05) is 0 Å². The van der Waals surface area contributed by atoms with Crippen LogP contribution in [0.25, 0.3) is 11.0 Å². The maximum atomic E-state index is 12.4. The maximum Gasteiger partial charge on any atom is 0.305 e. The molecular formula is C16H20N4O3. The highest BCUT2D eigenvalue weighted by molar-refractivity contribution is 5.97. The van der Waals surface area contributed by atoms with Gasteiger partial charge in [-0.25, -0.2) is 9.67 Å². The lowest BCUT2D eigenvalue weighted by Gasteiger charge is -2.41. The summed E-state index contributed by atoms with van der Waals surface area (Å²) in [7, 11) is 0. The molecule has 0 spiro atoms. The standard InChI is InChI=1S/C16H20N4O3/c1-10(2)20-14-11(9-18-20)6-12(8-17-14)15(23)19-16(4-3-5-16)7-13(21)22/h6,8-10H,3-5,7H2,1-2H3,(H,19,23)(H,21,22). The molecule has 2 N–H and O–H groups in total. The van der Waals surface area contributed by atoms with E-state index in [4.69, 9.17) is 5.11 Å². The lowest BCUT2D eigenvalue weighted by atomic mass is 9.74. The quantitative estimate of drug-likeness (QED) is 0.881. The number of hydrogen-bond donors (Lipinski definition) is 2. The molecule has 1 aliphatic rings. The van der Waals surface area contributed by atoms with Gasteiger partial charge in [0.1, 0.15) is 0 Å². The molecule has 7 heteroatoms. The molecule has 1 amide bonds. The van der Waals surface area contributed by atoms with E-state index in [1.54, 1.807) is 16.9 Å². The average molecular weight is 316 g/mol. The van der Waals surface area contributed by atoms with E-state index in [2.05, 4.69) is 15.4 Å². The second kappa shape index (κ2) is 5.64. The first-order valence-electron chi connectivity index (χ1n) is 7.78. The van der Waals surface area contributed by atoms with Gasteiger partial charge in [-0.05, 0) is 39.2 Å². The van der Waals surface area contributed by atoms with Gasteiger partial charge in [0.15, 0.2) is 5.65 Å². The minimum absolute atomic E-state index is 0.0420. The highest BCUT2D eigenvalue weighted by Gasteiger charge is 2.40. The normalized spacial score (nSPS) is 16.3. The van der Waals surface area contributed by atoms with Crippen molar-refractivity contribution in [2.75, 3.05) is 0 Å². The number of carboxylic acids is 1. The predicted octanol–water partition coefficient (Wildman–Crippen LogP) is 2.14. The van der Waals surface area contributed by atoms with Crippen LogP contribution in [-0.4, -0.2) is 37.3 Å². The molecule has 2 heterocycles. The van der Waals surface area contributed by atoms with Crippen molar-refractivity contribution < 1.29 is 14.7 Å². The number of pyridine rings is 1. The van der Waals surface area contributed by atoms with Crippen LogP contribution >= 0.6 is 0 Å². The van der Waals surface area contributed by atoms with Crippen molar-refractivity contribution in [1.82, 2.24) is 20.1 Å². The number of aromatic nitrogens is 3. The van der Waals surface area contributed by atoms with Crippen LogP contribution in [0.15, 0.2) is 18.5 Å². The summed E-state index contributed by atoms with van der Waals surface area (Å²) in [5, 5.41) is 17.0. The molecule has 0 unspecified atom stereocenters. The fourth-order valence-corrected chi connectivity index (χ4v) is 2.99. The zero-order valence-corrected chi connectivity index (χ0v) is 13.2. The van der Waals surface area contributed by atoms with Crippen molar-refractivity contribution in [3.63, 3.8) is 0 Å². The molecule has 1 fully saturated rings. The Bertz CT molecular complexity index is 762. The van der Waals surface area contributed by atoms with E-state index in [1.807, 2.05) is 13.8 Å². The highest BCUT2D eigenvalue weighted by atomic mass is 16.4. The van der Waals surface area contributed by atoms with Gasteiger partial charge >= 0.3 is 5.97 Å². The van der Waals surface area contributed by atoms with Crippen molar-refractivity contribution in [1.29, 1.82) is 0 Å². The topological polar surface area (TPSA) is 97.1 Å². The fraction of sp³-hybridized carbons (Fsp3) is 0.500. The highest BCUT2D eigenvalue weighted by Crippen LogP contribution is 2.35. The summed E-state index contributed by atoms with van der Waals surface area (Å²) < 4.78 is 1.80. The zero-order valence-electron chi connectivity index (χ0n) is 13.2. The van der Waals surface area contributed by atoms with E-state index in [0.29, 0.717) is 18.4 Å². The van der Waals surface area contributed by atoms with Gasteiger partial charge in [0.25, 0.3) is 5.91 Å². The van der Waals surface area contributed by atoms with E-state index in [9.17, 15) is 9.59 Å². The Balaban J connectivity index is 1.82. The molecule has 2 aromatic rings. The summed E-state index contributed by atoms with van der Waals surface area (Å²) >= 11 is 0. The minimum atomic E-state index is -0.892. The molecule has 1 aliphatic carbocycles. The maximum absolute atomic E-state index is 12.4. The van der Waals surface area contributed by atoms with Crippen LogP contribution in [0.5, 0.6) is 0 Å².